The van der Waals surface area contributed by atoms with Crippen molar-refractivity contribution in [2.24, 2.45) is 5.92 Å². The molecular weight excluding hydrogens is 380 g/mol. The van der Waals surface area contributed by atoms with Crippen molar-refractivity contribution in [3.63, 3.8) is 0 Å². The van der Waals surface area contributed by atoms with Crippen LogP contribution in [0.5, 0.6) is 0 Å². The number of hydrogen-bond donors (Lipinski definition) is 2. The summed E-state index contributed by atoms with van der Waals surface area (Å²) in [5, 5.41) is 5.48. The van der Waals surface area contributed by atoms with E-state index in [0.717, 1.165) is 16.7 Å². The van der Waals surface area contributed by atoms with Crippen molar-refractivity contribution in [2.75, 3.05) is 0 Å². The number of benzene rings is 2. The van der Waals surface area contributed by atoms with Crippen LogP contribution < -0.4 is 10.6 Å². The van der Waals surface area contributed by atoms with Crippen molar-refractivity contribution < 1.29 is 19.1 Å². The van der Waals surface area contributed by atoms with Gasteiger partial charge in [-0.15, -0.1) is 0 Å². The Balaban J connectivity index is 1.93. The molecule has 0 heterocycles. The molecule has 0 aliphatic rings. The first-order chi connectivity index (χ1) is 14.2. The molecule has 0 fully saturated rings. The molecule has 2 atom stereocenters. The Morgan fingerprint density at radius 2 is 1.60 bits per heavy atom. The molecule has 2 aromatic carbocycles. The molecule has 0 aliphatic carbocycles. The Morgan fingerprint density at radius 3 is 2.20 bits per heavy atom. The summed E-state index contributed by atoms with van der Waals surface area (Å²) in [4.78, 5) is 37.5. The summed E-state index contributed by atoms with van der Waals surface area (Å²) in [5.41, 5.74) is 3.51. The van der Waals surface area contributed by atoms with E-state index in [-0.39, 0.29) is 11.8 Å². The molecule has 0 aromatic heterocycles. The smallest absolute Gasteiger partial charge is 0.329 e. The van der Waals surface area contributed by atoms with Gasteiger partial charge in [-0.3, -0.25) is 9.59 Å². The number of esters is 1. The van der Waals surface area contributed by atoms with E-state index in [2.05, 4.69) is 10.6 Å². The number of carbonyl (C=O) groups is 3. The molecular formula is C24H30N2O4. The fourth-order valence-corrected chi connectivity index (χ4v) is 2.85. The molecule has 6 heteroatoms. The maximum Gasteiger partial charge on any atom is 0.329 e. The van der Waals surface area contributed by atoms with E-state index in [9.17, 15) is 14.4 Å². The molecule has 0 saturated heterocycles. The molecule has 1 unspecified atom stereocenters. The van der Waals surface area contributed by atoms with Crippen LogP contribution in [-0.4, -0.2) is 29.9 Å². The van der Waals surface area contributed by atoms with Gasteiger partial charge in [0.15, 0.2) is 6.10 Å². The minimum Gasteiger partial charge on any atom is -0.451 e. The largest absolute Gasteiger partial charge is 0.451 e. The van der Waals surface area contributed by atoms with Crippen molar-refractivity contribution >= 4 is 17.8 Å². The second-order valence-corrected chi connectivity index (χ2v) is 7.85. The first-order valence-electron chi connectivity index (χ1n) is 10.1. The lowest BCUT2D eigenvalue weighted by Crippen LogP contribution is -2.47. The van der Waals surface area contributed by atoms with E-state index in [4.69, 9.17) is 4.74 Å². The Morgan fingerprint density at radius 1 is 0.933 bits per heavy atom. The van der Waals surface area contributed by atoms with Crippen LogP contribution in [-0.2, 0) is 20.9 Å². The van der Waals surface area contributed by atoms with E-state index in [1.54, 1.807) is 18.2 Å². The van der Waals surface area contributed by atoms with Gasteiger partial charge in [-0.25, -0.2) is 4.79 Å². The van der Waals surface area contributed by atoms with Crippen LogP contribution in [0.2, 0.25) is 0 Å². The van der Waals surface area contributed by atoms with Crippen molar-refractivity contribution in [3.8, 4) is 0 Å². The third kappa shape index (κ3) is 6.72. The number of amides is 2. The van der Waals surface area contributed by atoms with E-state index in [1.165, 1.54) is 6.92 Å². The van der Waals surface area contributed by atoms with E-state index >= 15 is 0 Å². The second kappa shape index (κ2) is 10.6. The lowest BCUT2D eigenvalue weighted by atomic mass is 10.0. The summed E-state index contributed by atoms with van der Waals surface area (Å²) in [5.74, 6) is -1.58. The minimum absolute atomic E-state index is 0.200. The fourth-order valence-electron chi connectivity index (χ4n) is 2.85. The SMILES string of the molecule is Cc1ccc(CNC(=O)C(C)OC(=O)[C@@H](NC(=O)c2cccc(C)c2)C(C)C)cc1. The fraction of sp³-hybridized carbons (Fsp3) is 0.375. The normalized spacial score (nSPS) is 12.7. The highest BCUT2D eigenvalue weighted by atomic mass is 16.5. The van der Waals surface area contributed by atoms with Crippen molar-refractivity contribution in [3.05, 3.63) is 70.8 Å². The number of carbonyl (C=O) groups excluding carboxylic acids is 3. The highest BCUT2D eigenvalue weighted by Gasteiger charge is 2.29. The number of ether oxygens (including phenoxy) is 1. The van der Waals surface area contributed by atoms with Crippen LogP contribution in [0.4, 0.5) is 0 Å². The van der Waals surface area contributed by atoms with Gasteiger partial charge in [0.25, 0.3) is 11.8 Å². The minimum atomic E-state index is -0.972. The van der Waals surface area contributed by atoms with Gasteiger partial charge in [-0.1, -0.05) is 61.4 Å². The molecule has 2 aromatic rings. The molecule has 2 rings (SSSR count). The van der Waals surface area contributed by atoms with Gasteiger partial charge < -0.3 is 15.4 Å². The van der Waals surface area contributed by atoms with Crippen LogP contribution in [0.1, 0.15) is 47.8 Å². The zero-order chi connectivity index (χ0) is 22.3. The van der Waals surface area contributed by atoms with Gasteiger partial charge in [0.1, 0.15) is 6.04 Å². The molecule has 0 aliphatic heterocycles. The number of nitrogens with one attached hydrogen (secondary N) is 2. The zero-order valence-corrected chi connectivity index (χ0v) is 18.2. The van der Waals surface area contributed by atoms with Crippen LogP contribution >= 0.6 is 0 Å². The zero-order valence-electron chi connectivity index (χ0n) is 18.2. The average Bonchev–Trinajstić information content (AvgIpc) is 2.70. The van der Waals surface area contributed by atoms with E-state index < -0.39 is 24.0 Å². The molecule has 6 nitrogen and oxygen atoms in total. The van der Waals surface area contributed by atoms with Crippen LogP contribution in [0.25, 0.3) is 0 Å². The van der Waals surface area contributed by atoms with Gasteiger partial charge in [-0.05, 0) is 44.4 Å². The number of rotatable bonds is 8. The molecule has 2 amide bonds. The predicted octanol–water partition coefficient (Wildman–Crippen LogP) is 3.31. The highest BCUT2D eigenvalue weighted by molar-refractivity contribution is 5.97. The molecule has 0 saturated carbocycles. The van der Waals surface area contributed by atoms with Crippen molar-refractivity contribution in [1.29, 1.82) is 0 Å². The summed E-state index contributed by atoms with van der Waals surface area (Å²) < 4.78 is 5.34. The van der Waals surface area contributed by atoms with Gasteiger partial charge in [0.05, 0.1) is 0 Å². The summed E-state index contributed by atoms with van der Waals surface area (Å²) >= 11 is 0. The lowest BCUT2D eigenvalue weighted by Gasteiger charge is -2.23. The Labute approximate surface area is 178 Å². The maximum atomic E-state index is 12.6. The van der Waals surface area contributed by atoms with Gasteiger partial charge in [0.2, 0.25) is 0 Å². The first-order valence-corrected chi connectivity index (χ1v) is 10.1. The summed E-state index contributed by atoms with van der Waals surface area (Å²) in [6.45, 7) is 9.37. The lowest BCUT2D eigenvalue weighted by molar-refractivity contribution is -0.157. The third-order valence-corrected chi connectivity index (χ3v) is 4.74. The standard InChI is InChI=1S/C24H30N2O4/c1-15(2)21(26-23(28)20-8-6-7-17(4)13-20)24(29)30-18(5)22(27)25-14-19-11-9-16(3)10-12-19/h6-13,15,18,21H,14H2,1-5H3,(H,25,27)(H,26,28)/t18?,21-/m0/s1. The van der Waals surface area contributed by atoms with Gasteiger partial charge >= 0.3 is 5.97 Å². The summed E-state index contributed by atoms with van der Waals surface area (Å²) in [6.07, 6.45) is -0.972. The van der Waals surface area contributed by atoms with Crippen molar-refractivity contribution in [2.45, 2.75) is 53.3 Å². The second-order valence-electron chi connectivity index (χ2n) is 7.85. The number of hydrogen-bond acceptors (Lipinski definition) is 4. The van der Waals surface area contributed by atoms with Crippen LogP contribution in [0.3, 0.4) is 0 Å². The van der Waals surface area contributed by atoms with Crippen molar-refractivity contribution in [1.82, 2.24) is 10.6 Å². The molecule has 0 radical (unpaired) electrons. The first kappa shape index (κ1) is 23.1. The molecule has 2 N–H and O–H groups in total. The molecule has 0 spiro atoms. The van der Waals surface area contributed by atoms with Gasteiger partial charge in [0, 0.05) is 12.1 Å². The van der Waals surface area contributed by atoms with Gasteiger partial charge in [-0.2, -0.15) is 0 Å². The molecule has 0 bridgehead atoms. The topological polar surface area (TPSA) is 84.5 Å². The molecule has 30 heavy (non-hydrogen) atoms. The molecule has 160 valence electrons. The third-order valence-electron chi connectivity index (χ3n) is 4.74. The van der Waals surface area contributed by atoms with E-state index in [1.807, 2.05) is 58.0 Å². The van der Waals surface area contributed by atoms with Crippen LogP contribution in [0, 0.1) is 19.8 Å². The number of aryl methyl sites for hydroxylation is 2. The quantitative estimate of drug-likeness (QED) is 0.654. The Kier molecular flexibility index (Phi) is 8.16. The Hall–Kier alpha value is -3.15. The predicted molar refractivity (Wildman–Crippen MR) is 116 cm³/mol. The summed E-state index contributed by atoms with van der Waals surface area (Å²) in [7, 11) is 0. The van der Waals surface area contributed by atoms with Crippen LogP contribution in [0.15, 0.2) is 48.5 Å². The van der Waals surface area contributed by atoms with E-state index in [0.29, 0.717) is 12.1 Å². The summed E-state index contributed by atoms with van der Waals surface area (Å²) in [6, 6.07) is 14.1. The Bertz CT molecular complexity index is 890. The highest BCUT2D eigenvalue weighted by Crippen LogP contribution is 2.10. The maximum absolute atomic E-state index is 12.6. The monoisotopic (exact) mass is 410 g/mol. The average molecular weight is 411 g/mol.